The standard InChI is InChI=1S/C15H27NO4S/c1-2-12-6-8-15(18,9-7-12)11-16-14(17)13-5-3-4-10-21(13,19)20/h12-13,18H,2-11H2,1H3,(H,16,17). The second-order valence-electron chi connectivity index (χ2n) is 6.65. The highest BCUT2D eigenvalue weighted by atomic mass is 32.2. The molecule has 0 aromatic heterocycles. The fourth-order valence-electron chi connectivity index (χ4n) is 3.41. The molecule has 1 heterocycles. The molecule has 1 atom stereocenters. The first kappa shape index (κ1) is 16.7. The quantitative estimate of drug-likeness (QED) is 0.821. The van der Waals surface area contributed by atoms with E-state index in [0.29, 0.717) is 31.6 Å². The van der Waals surface area contributed by atoms with Gasteiger partial charge in [0.05, 0.1) is 11.4 Å². The molecule has 1 saturated carbocycles. The Balaban J connectivity index is 1.86. The van der Waals surface area contributed by atoms with Gasteiger partial charge < -0.3 is 10.4 Å². The zero-order chi connectivity index (χ0) is 15.5. The highest BCUT2D eigenvalue weighted by Crippen LogP contribution is 2.33. The lowest BCUT2D eigenvalue weighted by molar-refractivity contribution is -0.122. The summed E-state index contributed by atoms with van der Waals surface area (Å²) in [5.74, 6) is 0.341. The maximum absolute atomic E-state index is 12.1. The molecule has 21 heavy (non-hydrogen) atoms. The van der Waals surface area contributed by atoms with E-state index in [-0.39, 0.29) is 12.3 Å². The maximum atomic E-state index is 12.1. The molecule has 5 nitrogen and oxygen atoms in total. The Morgan fingerprint density at radius 1 is 1.24 bits per heavy atom. The number of hydrogen-bond donors (Lipinski definition) is 2. The monoisotopic (exact) mass is 317 g/mol. The van der Waals surface area contributed by atoms with Crippen molar-refractivity contribution in [3.63, 3.8) is 0 Å². The van der Waals surface area contributed by atoms with Crippen LogP contribution in [0.3, 0.4) is 0 Å². The lowest BCUT2D eigenvalue weighted by Crippen LogP contribution is -2.50. The third-order valence-electron chi connectivity index (χ3n) is 5.08. The van der Waals surface area contributed by atoms with Gasteiger partial charge in [-0.15, -0.1) is 0 Å². The molecule has 1 unspecified atom stereocenters. The minimum Gasteiger partial charge on any atom is -0.388 e. The number of carbonyl (C=O) groups excluding carboxylic acids is 1. The van der Waals surface area contributed by atoms with Gasteiger partial charge in [0, 0.05) is 6.54 Å². The number of aliphatic hydroxyl groups is 1. The number of rotatable bonds is 4. The minimum atomic E-state index is -3.30. The topological polar surface area (TPSA) is 83.5 Å². The van der Waals surface area contributed by atoms with Crippen LogP contribution in [-0.4, -0.2) is 42.6 Å². The molecule has 1 aliphatic carbocycles. The maximum Gasteiger partial charge on any atom is 0.238 e. The number of amides is 1. The molecule has 122 valence electrons. The largest absolute Gasteiger partial charge is 0.388 e. The molecule has 0 aromatic carbocycles. The van der Waals surface area contributed by atoms with Crippen LogP contribution in [0.5, 0.6) is 0 Å². The van der Waals surface area contributed by atoms with Crippen molar-refractivity contribution in [3.05, 3.63) is 0 Å². The van der Waals surface area contributed by atoms with Crippen LogP contribution in [0.25, 0.3) is 0 Å². The average molecular weight is 317 g/mol. The van der Waals surface area contributed by atoms with Crippen molar-refractivity contribution < 1.29 is 18.3 Å². The first-order chi connectivity index (χ1) is 9.86. The lowest BCUT2D eigenvalue weighted by Gasteiger charge is -2.36. The predicted octanol–water partition coefficient (Wildman–Crippen LogP) is 1.40. The number of sulfone groups is 1. The molecule has 2 rings (SSSR count). The van der Waals surface area contributed by atoms with E-state index < -0.39 is 26.6 Å². The summed E-state index contributed by atoms with van der Waals surface area (Å²) >= 11 is 0. The lowest BCUT2D eigenvalue weighted by atomic mass is 9.78. The smallest absolute Gasteiger partial charge is 0.238 e. The fraction of sp³-hybridized carbons (Fsp3) is 0.933. The molecule has 1 amide bonds. The van der Waals surface area contributed by atoms with Gasteiger partial charge in [0.2, 0.25) is 5.91 Å². The summed E-state index contributed by atoms with van der Waals surface area (Å²) in [4.78, 5) is 12.1. The molecule has 0 aromatic rings. The molecule has 1 saturated heterocycles. The second kappa shape index (κ2) is 6.65. The van der Waals surface area contributed by atoms with Crippen molar-refractivity contribution in [1.82, 2.24) is 5.32 Å². The second-order valence-corrected chi connectivity index (χ2v) is 8.95. The molecule has 2 aliphatic rings. The van der Waals surface area contributed by atoms with E-state index in [2.05, 4.69) is 12.2 Å². The van der Waals surface area contributed by atoms with E-state index in [1.807, 2.05) is 0 Å². The summed E-state index contributed by atoms with van der Waals surface area (Å²) in [6.07, 6.45) is 6.28. The van der Waals surface area contributed by atoms with Crippen molar-refractivity contribution in [1.29, 1.82) is 0 Å². The van der Waals surface area contributed by atoms with Gasteiger partial charge in [-0.05, 0) is 44.4 Å². The molecule has 1 aliphatic heterocycles. The van der Waals surface area contributed by atoms with E-state index in [4.69, 9.17) is 0 Å². The van der Waals surface area contributed by atoms with Gasteiger partial charge in [-0.25, -0.2) is 8.42 Å². The summed E-state index contributed by atoms with van der Waals surface area (Å²) in [5.41, 5.74) is -0.861. The van der Waals surface area contributed by atoms with Crippen LogP contribution in [-0.2, 0) is 14.6 Å². The van der Waals surface area contributed by atoms with E-state index in [0.717, 1.165) is 25.7 Å². The molecule has 6 heteroatoms. The van der Waals surface area contributed by atoms with Crippen LogP contribution >= 0.6 is 0 Å². The van der Waals surface area contributed by atoms with Gasteiger partial charge >= 0.3 is 0 Å². The first-order valence-electron chi connectivity index (χ1n) is 8.08. The van der Waals surface area contributed by atoms with Gasteiger partial charge in [0.25, 0.3) is 0 Å². The molecule has 0 bridgehead atoms. The fourth-order valence-corrected chi connectivity index (χ4v) is 5.24. The van der Waals surface area contributed by atoms with Crippen LogP contribution < -0.4 is 5.32 Å². The Labute approximate surface area is 127 Å². The Bertz CT molecular complexity index is 466. The van der Waals surface area contributed by atoms with E-state index in [9.17, 15) is 18.3 Å². The average Bonchev–Trinajstić information content (AvgIpc) is 2.45. The Morgan fingerprint density at radius 3 is 2.48 bits per heavy atom. The summed E-state index contributed by atoms with van der Waals surface area (Å²) in [7, 11) is -3.30. The van der Waals surface area contributed by atoms with Crippen molar-refractivity contribution in [2.24, 2.45) is 5.92 Å². The normalized spacial score (nSPS) is 36.1. The minimum absolute atomic E-state index is 0.105. The van der Waals surface area contributed by atoms with E-state index in [1.165, 1.54) is 0 Å². The van der Waals surface area contributed by atoms with Crippen LogP contribution in [0, 0.1) is 5.92 Å². The number of carbonyl (C=O) groups is 1. The molecular formula is C15H27NO4S. The third kappa shape index (κ3) is 4.19. The van der Waals surface area contributed by atoms with Crippen LogP contribution in [0.15, 0.2) is 0 Å². The summed E-state index contributed by atoms with van der Waals surface area (Å²) in [6, 6.07) is 0. The highest BCUT2D eigenvalue weighted by Gasteiger charge is 2.37. The van der Waals surface area contributed by atoms with Crippen molar-refractivity contribution in [2.45, 2.75) is 69.1 Å². The third-order valence-corrected chi connectivity index (χ3v) is 7.25. The molecule has 0 radical (unpaired) electrons. The van der Waals surface area contributed by atoms with Gasteiger partial charge in [-0.2, -0.15) is 0 Å². The van der Waals surface area contributed by atoms with Gasteiger partial charge in [0.15, 0.2) is 9.84 Å². The van der Waals surface area contributed by atoms with Gasteiger partial charge in [-0.1, -0.05) is 19.8 Å². The molecule has 2 N–H and O–H groups in total. The molecule has 2 fully saturated rings. The Morgan fingerprint density at radius 2 is 1.90 bits per heavy atom. The van der Waals surface area contributed by atoms with Crippen molar-refractivity contribution in [2.75, 3.05) is 12.3 Å². The SMILES string of the molecule is CCC1CCC(O)(CNC(=O)C2CCCCS2(=O)=O)CC1. The van der Waals surface area contributed by atoms with Gasteiger partial charge in [-0.3, -0.25) is 4.79 Å². The van der Waals surface area contributed by atoms with Crippen molar-refractivity contribution >= 4 is 15.7 Å². The molecule has 0 spiro atoms. The van der Waals surface area contributed by atoms with Crippen LogP contribution in [0.1, 0.15) is 58.3 Å². The zero-order valence-corrected chi connectivity index (χ0v) is 13.6. The molecular weight excluding hydrogens is 290 g/mol. The summed E-state index contributed by atoms with van der Waals surface area (Å²) in [6.45, 7) is 2.33. The number of nitrogens with one attached hydrogen (secondary N) is 1. The van der Waals surface area contributed by atoms with Gasteiger partial charge in [0.1, 0.15) is 5.25 Å². The zero-order valence-electron chi connectivity index (χ0n) is 12.8. The summed E-state index contributed by atoms with van der Waals surface area (Å²) in [5, 5.41) is 12.3. The Hall–Kier alpha value is -0.620. The predicted molar refractivity (Wildman–Crippen MR) is 81.6 cm³/mol. The van der Waals surface area contributed by atoms with Crippen LogP contribution in [0.4, 0.5) is 0 Å². The Kier molecular flexibility index (Phi) is 5.30. The van der Waals surface area contributed by atoms with E-state index >= 15 is 0 Å². The number of hydrogen-bond acceptors (Lipinski definition) is 4. The summed E-state index contributed by atoms with van der Waals surface area (Å²) < 4.78 is 23.8. The highest BCUT2D eigenvalue weighted by molar-refractivity contribution is 7.92. The first-order valence-corrected chi connectivity index (χ1v) is 9.79. The van der Waals surface area contributed by atoms with Crippen LogP contribution in [0.2, 0.25) is 0 Å². The van der Waals surface area contributed by atoms with E-state index in [1.54, 1.807) is 0 Å². The van der Waals surface area contributed by atoms with Crippen molar-refractivity contribution in [3.8, 4) is 0 Å².